The van der Waals surface area contributed by atoms with Crippen LogP contribution in [-0.2, 0) is 17.6 Å². The molecule has 1 aromatic heterocycles. The lowest BCUT2D eigenvalue weighted by Gasteiger charge is -2.37. The van der Waals surface area contributed by atoms with Crippen molar-refractivity contribution in [3.8, 4) is 5.69 Å². The summed E-state index contributed by atoms with van der Waals surface area (Å²) in [5, 5.41) is 9.61. The number of benzene rings is 1. The average Bonchev–Trinajstić information content (AvgIpc) is 3.31. The van der Waals surface area contributed by atoms with Crippen LogP contribution in [0.3, 0.4) is 0 Å². The predicted octanol–water partition coefficient (Wildman–Crippen LogP) is 1.09. The molecule has 1 aliphatic heterocycles. The van der Waals surface area contributed by atoms with Gasteiger partial charge in [0.25, 0.3) is 0 Å². The van der Waals surface area contributed by atoms with E-state index in [1.54, 1.807) is 26.1 Å². The number of nitrogens with one attached hydrogen (secondary N) is 3. The number of piperazine rings is 1. The van der Waals surface area contributed by atoms with Gasteiger partial charge in [-0.15, -0.1) is 12.4 Å². The number of aromatic nitrogens is 2. The van der Waals surface area contributed by atoms with Crippen molar-refractivity contribution in [3.63, 3.8) is 0 Å². The van der Waals surface area contributed by atoms with Gasteiger partial charge in [0.1, 0.15) is 11.9 Å². The van der Waals surface area contributed by atoms with Gasteiger partial charge in [-0.25, -0.2) is 9.59 Å². The Bertz CT molecular complexity index is 1290. The van der Waals surface area contributed by atoms with Crippen molar-refractivity contribution in [3.05, 3.63) is 52.1 Å². The van der Waals surface area contributed by atoms with Gasteiger partial charge >= 0.3 is 11.7 Å². The number of rotatable bonds is 6. The molecular weight excluding hydrogens is 532 g/mol. The predicted molar refractivity (Wildman–Crippen MR) is 157 cm³/mol. The molecule has 3 aliphatic rings. The van der Waals surface area contributed by atoms with Crippen LogP contribution >= 0.6 is 12.4 Å². The molecule has 0 bridgehead atoms. The highest BCUT2D eigenvalue weighted by Gasteiger charge is 2.38. The number of hydrogen-bond acceptors (Lipinski definition) is 8. The van der Waals surface area contributed by atoms with Crippen LogP contribution in [0.5, 0.6) is 0 Å². The first-order valence-corrected chi connectivity index (χ1v) is 13.9. The van der Waals surface area contributed by atoms with Crippen molar-refractivity contribution in [1.29, 1.82) is 0 Å². The summed E-state index contributed by atoms with van der Waals surface area (Å²) in [7, 11) is 0. The standard InChI is InChI=1S/C28H40N8O3.ClH/c1-28(2,30)25(37)23-16-31-10-12-36(23)27(39)34-24-9-11-35(26(38)33-24)22-8-4-17-13-20(6-3-18(17)14-22)32-21-7-5-19(29)15-21;/h4,8-9,11,14,19-21,23,31-32H,3,5-7,10,12-13,15-16,29-30H2,1-2H3,(H,33,34,38,39);1H/t19-,20?,21-,23?;/m0./s1. The molecule has 218 valence electrons. The largest absolute Gasteiger partial charge is 0.354 e. The van der Waals surface area contributed by atoms with Gasteiger partial charge in [0.2, 0.25) is 0 Å². The third kappa shape index (κ3) is 6.72. The van der Waals surface area contributed by atoms with Crippen molar-refractivity contribution in [2.24, 2.45) is 11.5 Å². The molecule has 7 N–H and O–H groups in total. The van der Waals surface area contributed by atoms with Crippen molar-refractivity contribution >= 4 is 30.0 Å². The Morgan fingerprint density at radius 3 is 2.62 bits per heavy atom. The van der Waals surface area contributed by atoms with Crippen LogP contribution in [0.15, 0.2) is 35.3 Å². The molecule has 0 radical (unpaired) electrons. The number of Topliss-reactive ketones (excluding diaryl/α,β-unsaturated/α-hetero) is 1. The number of nitrogens with two attached hydrogens (primary N) is 2. The minimum Gasteiger partial charge on any atom is -0.328 e. The molecule has 1 saturated carbocycles. The van der Waals surface area contributed by atoms with E-state index in [-0.39, 0.29) is 24.0 Å². The second kappa shape index (κ2) is 12.4. The van der Waals surface area contributed by atoms with Crippen molar-refractivity contribution < 1.29 is 9.59 Å². The van der Waals surface area contributed by atoms with Crippen LogP contribution < -0.4 is 33.1 Å². The van der Waals surface area contributed by atoms with Gasteiger partial charge in [0.05, 0.1) is 11.2 Å². The normalized spacial score (nSPS) is 24.6. The monoisotopic (exact) mass is 572 g/mol. The smallest absolute Gasteiger partial charge is 0.328 e. The minimum atomic E-state index is -1.07. The summed E-state index contributed by atoms with van der Waals surface area (Å²) in [4.78, 5) is 44.3. The number of anilines is 1. The van der Waals surface area contributed by atoms with Crippen LogP contribution in [0.4, 0.5) is 10.6 Å². The fourth-order valence-corrected chi connectivity index (χ4v) is 6.00. The SMILES string of the molecule is CC(C)(N)C(=O)C1CNCCN1C(=O)Nc1ccn(-c2ccc3c(c2)CCC(N[C@H]2CC[C@H](N)C2)C3)c(=O)n1.Cl. The molecule has 2 fully saturated rings. The lowest BCUT2D eigenvalue weighted by Crippen LogP contribution is -2.63. The molecule has 1 saturated heterocycles. The van der Waals surface area contributed by atoms with Crippen LogP contribution in [0.1, 0.15) is 50.7 Å². The van der Waals surface area contributed by atoms with E-state index in [2.05, 4.69) is 33.1 Å². The first-order chi connectivity index (χ1) is 18.6. The quantitative estimate of drug-likeness (QED) is 0.344. The Hall–Kier alpha value is -2.83. The minimum absolute atomic E-state index is 0. The fourth-order valence-electron chi connectivity index (χ4n) is 6.00. The second-order valence-electron chi connectivity index (χ2n) is 11.7. The van der Waals surface area contributed by atoms with Gasteiger partial charge < -0.3 is 27.0 Å². The van der Waals surface area contributed by atoms with Gasteiger partial charge in [0.15, 0.2) is 5.78 Å². The number of aryl methyl sites for hydroxylation is 1. The van der Waals surface area contributed by atoms with Crippen LogP contribution in [0, 0.1) is 0 Å². The van der Waals surface area contributed by atoms with E-state index in [0.717, 1.165) is 44.2 Å². The lowest BCUT2D eigenvalue weighted by molar-refractivity contribution is -0.127. The first kappa shape index (κ1) is 30.1. The number of fused-ring (bicyclic) bond motifs is 1. The van der Waals surface area contributed by atoms with Gasteiger partial charge in [-0.3, -0.25) is 14.7 Å². The van der Waals surface area contributed by atoms with E-state index in [1.807, 2.05) is 6.07 Å². The molecule has 2 aromatic rings. The van der Waals surface area contributed by atoms with E-state index in [4.69, 9.17) is 11.5 Å². The van der Waals surface area contributed by atoms with E-state index in [0.29, 0.717) is 37.8 Å². The number of amides is 2. The highest BCUT2D eigenvalue weighted by molar-refractivity contribution is 5.97. The number of hydrogen-bond donors (Lipinski definition) is 5. The Morgan fingerprint density at radius 1 is 1.12 bits per heavy atom. The summed E-state index contributed by atoms with van der Waals surface area (Å²) in [5.41, 5.74) is 13.8. The van der Waals surface area contributed by atoms with Crippen molar-refractivity contribution in [1.82, 2.24) is 25.1 Å². The molecule has 4 atom stereocenters. The lowest BCUT2D eigenvalue weighted by atomic mass is 9.87. The molecule has 2 amide bonds. The summed E-state index contributed by atoms with van der Waals surface area (Å²) in [6.45, 7) is 4.48. The summed E-state index contributed by atoms with van der Waals surface area (Å²) in [6.07, 6.45) is 7.88. The van der Waals surface area contributed by atoms with Crippen molar-refractivity contribution in [2.75, 3.05) is 25.0 Å². The molecule has 2 heterocycles. The summed E-state index contributed by atoms with van der Waals surface area (Å²) in [5.74, 6) is -0.0954. The summed E-state index contributed by atoms with van der Waals surface area (Å²) < 4.78 is 1.48. The second-order valence-corrected chi connectivity index (χ2v) is 11.7. The van der Waals surface area contributed by atoms with E-state index in [9.17, 15) is 14.4 Å². The Balaban J connectivity index is 0.00000370. The number of carbonyl (C=O) groups excluding carboxylic acids is 2. The molecule has 2 aliphatic carbocycles. The number of ketones is 1. The van der Waals surface area contributed by atoms with Gasteiger partial charge in [-0.05, 0) is 81.7 Å². The summed E-state index contributed by atoms with van der Waals surface area (Å²) in [6, 6.07) is 7.80. The van der Waals surface area contributed by atoms with Gasteiger partial charge in [-0.1, -0.05) is 6.07 Å². The molecule has 2 unspecified atom stereocenters. The maximum Gasteiger partial charge on any atom is 0.354 e. The van der Waals surface area contributed by atoms with E-state index >= 15 is 0 Å². The van der Waals surface area contributed by atoms with Crippen LogP contribution in [-0.4, -0.2) is 75.6 Å². The Kier molecular flexibility index (Phi) is 9.31. The van der Waals surface area contributed by atoms with Crippen molar-refractivity contribution in [2.45, 2.75) is 82.1 Å². The highest BCUT2D eigenvalue weighted by atomic mass is 35.5. The zero-order valence-electron chi connectivity index (χ0n) is 23.2. The molecular formula is C28H41ClN8O3. The maximum atomic E-state index is 13.0. The number of carbonyl (C=O) groups is 2. The molecule has 1 aromatic carbocycles. The fraction of sp³-hybridized carbons (Fsp3) is 0.571. The van der Waals surface area contributed by atoms with E-state index in [1.165, 1.54) is 20.6 Å². The number of halogens is 1. The molecule has 12 heteroatoms. The van der Waals surface area contributed by atoms with Gasteiger partial charge in [0, 0.05) is 44.0 Å². The third-order valence-electron chi connectivity index (χ3n) is 8.12. The number of nitrogens with zero attached hydrogens (tertiary/aromatic N) is 3. The first-order valence-electron chi connectivity index (χ1n) is 13.9. The van der Waals surface area contributed by atoms with Gasteiger partial charge in [-0.2, -0.15) is 4.98 Å². The molecule has 11 nitrogen and oxygen atoms in total. The Labute approximate surface area is 240 Å². The van der Waals surface area contributed by atoms with Crippen LogP contribution in [0.2, 0.25) is 0 Å². The zero-order chi connectivity index (χ0) is 27.7. The zero-order valence-corrected chi connectivity index (χ0v) is 24.0. The third-order valence-corrected chi connectivity index (χ3v) is 8.12. The van der Waals surface area contributed by atoms with E-state index < -0.39 is 23.3 Å². The van der Waals surface area contributed by atoms with Crippen LogP contribution in [0.25, 0.3) is 5.69 Å². The average molecular weight is 573 g/mol. The molecule has 0 spiro atoms. The molecule has 5 rings (SSSR count). The maximum absolute atomic E-state index is 13.0. The number of urea groups is 1. The molecule has 40 heavy (non-hydrogen) atoms. The highest BCUT2D eigenvalue weighted by Crippen LogP contribution is 2.26. The summed E-state index contributed by atoms with van der Waals surface area (Å²) >= 11 is 0. The topological polar surface area (TPSA) is 160 Å². The Morgan fingerprint density at radius 2 is 1.93 bits per heavy atom.